The van der Waals surface area contributed by atoms with Gasteiger partial charge in [-0.1, -0.05) is 22.0 Å². The zero-order chi connectivity index (χ0) is 16.7. The van der Waals surface area contributed by atoms with Crippen LogP contribution in [0.3, 0.4) is 0 Å². The Morgan fingerprint density at radius 1 is 1.17 bits per heavy atom. The van der Waals surface area contributed by atoms with E-state index in [1.54, 1.807) is 19.9 Å². The van der Waals surface area contributed by atoms with Gasteiger partial charge in [0.2, 0.25) is 0 Å². The summed E-state index contributed by atoms with van der Waals surface area (Å²) >= 11 is 3.38. The predicted octanol–water partition coefficient (Wildman–Crippen LogP) is 2.52. The van der Waals surface area contributed by atoms with E-state index >= 15 is 0 Å². The number of hydrogen-bond acceptors (Lipinski definition) is 5. The largest absolute Gasteiger partial charge is 0.392 e. The Labute approximate surface area is 140 Å². The minimum atomic E-state index is -0.394. The summed E-state index contributed by atoms with van der Waals surface area (Å²) in [5.74, 6) is -0.466. The van der Waals surface area contributed by atoms with Crippen LogP contribution in [0.25, 0.3) is 10.9 Å². The number of anilines is 1. The summed E-state index contributed by atoms with van der Waals surface area (Å²) in [6.45, 7) is 3.05. The number of hydrogen-bond donors (Lipinski definition) is 2. The first-order valence-corrected chi connectivity index (χ1v) is 7.74. The normalized spacial score (nSPS) is 15.0. The van der Waals surface area contributed by atoms with Crippen LogP contribution in [-0.4, -0.2) is 26.9 Å². The summed E-state index contributed by atoms with van der Waals surface area (Å²) in [5, 5.41) is 11.3. The minimum absolute atomic E-state index is 0.173. The second-order valence-corrected chi connectivity index (χ2v) is 6.21. The molecule has 1 aliphatic rings. The number of aliphatic hydroxyl groups is 1. The van der Waals surface area contributed by atoms with Crippen LogP contribution >= 0.6 is 15.9 Å². The van der Waals surface area contributed by atoms with Gasteiger partial charge in [-0.15, -0.1) is 0 Å². The maximum atomic E-state index is 12.1. The van der Waals surface area contributed by atoms with E-state index in [1.165, 1.54) is 0 Å². The lowest BCUT2D eigenvalue weighted by Crippen LogP contribution is -2.37. The lowest BCUT2D eigenvalue weighted by molar-refractivity contribution is -0.135. The smallest absolute Gasteiger partial charge is 0.275 e. The Hall–Kier alpha value is -2.25. The van der Waals surface area contributed by atoms with Crippen molar-refractivity contribution >= 4 is 44.5 Å². The Kier molecular flexibility index (Phi) is 3.91. The number of nitrogens with zero attached hydrogens (tertiary/aromatic N) is 2. The molecule has 0 unspecified atom stereocenters. The van der Waals surface area contributed by atoms with Crippen LogP contribution in [0.1, 0.15) is 19.4 Å². The van der Waals surface area contributed by atoms with Crippen molar-refractivity contribution in [3.8, 4) is 0 Å². The van der Waals surface area contributed by atoms with Crippen molar-refractivity contribution in [3.63, 3.8) is 0 Å². The summed E-state index contributed by atoms with van der Waals surface area (Å²) in [6, 6.07) is 7.14. The first-order chi connectivity index (χ1) is 10.9. The molecule has 1 aromatic heterocycles. The molecule has 2 aromatic rings. The molecule has 0 atom stereocenters. The quantitative estimate of drug-likeness (QED) is 0.805. The topological polar surface area (TPSA) is 82.5 Å². The maximum absolute atomic E-state index is 12.1. The number of pyridine rings is 1. The number of halogens is 1. The van der Waals surface area contributed by atoms with Crippen LogP contribution in [0.15, 0.2) is 39.9 Å². The number of aliphatic hydroxyl groups excluding tert-OH is 1. The molecule has 1 aliphatic heterocycles. The van der Waals surface area contributed by atoms with E-state index in [9.17, 15) is 14.7 Å². The minimum Gasteiger partial charge on any atom is -0.392 e. The van der Waals surface area contributed by atoms with E-state index in [1.807, 2.05) is 18.2 Å². The molecule has 0 radical (unpaired) electrons. The van der Waals surface area contributed by atoms with E-state index in [4.69, 9.17) is 0 Å². The van der Waals surface area contributed by atoms with Gasteiger partial charge in [0.25, 0.3) is 11.8 Å². The van der Waals surface area contributed by atoms with Crippen molar-refractivity contribution in [2.45, 2.75) is 20.5 Å². The van der Waals surface area contributed by atoms with Gasteiger partial charge in [-0.3, -0.25) is 15.0 Å². The van der Waals surface area contributed by atoms with Gasteiger partial charge in [-0.25, -0.2) is 4.98 Å². The Morgan fingerprint density at radius 2 is 1.83 bits per heavy atom. The first kappa shape index (κ1) is 15.6. The van der Waals surface area contributed by atoms with Gasteiger partial charge in [0.15, 0.2) is 0 Å². The number of carbonyl (C=O) groups is 2. The molecule has 118 valence electrons. The molecule has 6 nitrogen and oxygen atoms in total. The summed E-state index contributed by atoms with van der Waals surface area (Å²) in [6.07, 6.45) is 0. The average molecular weight is 376 g/mol. The zero-order valence-corrected chi connectivity index (χ0v) is 14.1. The Morgan fingerprint density at radius 3 is 2.43 bits per heavy atom. The summed E-state index contributed by atoms with van der Waals surface area (Å²) < 4.78 is 0.847. The highest BCUT2D eigenvalue weighted by Crippen LogP contribution is 2.26. The van der Waals surface area contributed by atoms with Crippen LogP contribution in [-0.2, 0) is 16.2 Å². The van der Waals surface area contributed by atoms with Gasteiger partial charge < -0.3 is 5.11 Å². The predicted molar refractivity (Wildman–Crippen MR) is 89.2 cm³/mol. The van der Waals surface area contributed by atoms with Gasteiger partial charge >= 0.3 is 0 Å². The number of benzene rings is 1. The molecule has 2 N–H and O–H groups in total. The monoisotopic (exact) mass is 375 g/mol. The average Bonchev–Trinajstić information content (AvgIpc) is 2.71. The van der Waals surface area contributed by atoms with Crippen LogP contribution in [0, 0.1) is 0 Å². The molecule has 7 heteroatoms. The molecule has 0 saturated carbocycles. The highest BCUT2D eigenvalue weighted by atomic mass is 79.9. The lowest BCUT2D eigenvalue weighted by atomic mass is 10.1. The molecule has 0 aliphatic carbocycles. The molecule has 0 spiro atoms. The van der Waals surface area contributed by atoms with Gasteiger partial charge in [-0.2, -0.15) is 5.01 Å². The fourth-order valence-electron chi connectivity index (χ4n) is 2.43. The highest BCUT2D eigenvalue weighted by molar-refractivity contribution is 9.10. The van der Waals surface area contributed by atoms with Crippen LogP contribution < -0.4 is 5.43 Å². The second-order valence-electron chi connectivity index (χ2n) is 5.29. The number of fused-ring (bicyclic) bond motifs is 1. The molecule has 0 bridgehead atoms. The molecule has 0 fully saturated rings. The summed E-state index contributed by atoms with van der Waals surface area (Å²) in [7, 11) is 0. The van der Waals surface area contributed by atoms with E-state index < -0.39 is 11.8 Å². The van der Waals surface area contributed by atoms with Crippen LogP contribution in [0.4, 0.5) is 5.82 Å². The molecule has 2 heterocycles. The van der Waals surface area contributed by atoms with Gasteiger partial charge in [0, 0.05) is 21.0 Å². The SMILES string of the molecule is CC1=C(C)C(=O)N(Nc2cc(CO)c3ccc(Br)cc3n2)C1=O. The van der Waals surface area contributed by atoms with Crippen LogP contribution in [0.5, 0.6) is 0 Å². The first-order valence-electron chi connectivity index (χ1n) is 6.95. The van der Waals surface area contributed by atoms with E-state index in [2.05, 4.69) is 26.3 Å². The van der Waals surface area contributed by atoms with Gasteiger partial charge in [0.05, 0.1) is 12.1 Å². The number of carbonyl (C=O) groups excluding carboxylic acids is 2. The third kappa shape index (κ3) is 2.62. The van der Waals surface area contributed by atoms with Crippen molar-refractivity contribution in [2.75, 3.05) is 5.43 Å². The third-order valence-electron chi connectivity index (χ3n) is 3.86. The summed E-state index contributed by atoms with van der Waals surface area (Å²) in [4.78, 5) is 28.6. The maximum Gasteiger partial charge on any atom is 0.275 e. The molecule has 23 heavy (non-hydrogen) atoms. The summed E-state index contributed by atoms with van der Waals surface area (Å²) in [5.41, 5.74) is 4.87. The number of aromatic nitrogens is 1. The van der Waals surface area contributed by atoms with E-state index in [0.717, 1.165) is 14.9 Å². The third-order valence-corrected chi connectivity index (χ3v) is 4.36. The molecular weight excluding hydrogens is 362 g/mol. The molecular formula is C16H14BrN3O3. The van der Waals surface area contributed by atoms with Crippen molar-refractivity contribution in [2.24, 2.45) is 0 Å². The standard InChI is InChI=1S/C16H14BrN3O3/c1-8-9(2)16(23)20(15(8)22)19-14-5-10(7-21)12-4-3-11(17)6-13(12)18-14/h3-6,21H,7H2,1-2H3,(H,18,19). The van der Waals surface area contributed by atoms with Crippen molar-refractivity contribution in [3.05, 3.63) is 45.4 Å². The number of imide groups is 1. The van der Waals surface area contributed by atoms with E-state index in [-0.39, 0.29) is 6.61 Å². The van der Waals surface area contributed by atoms with Gasteiger partial charge in [-0.05, 0) is 37.6 Å². The fourth-order valence-corrected chi connectivity index (χ4v) is 2.78. The highest BCUT2D eigenvalue weighted by Gasteiger charge is 2.34. The molecule has 1 aromatic carbocycles. The van der Waals surface area contributed by atoms with Crippen molar-refractivity contribution in [1.82, 2.24) is 9.99 Å². The number of nitrogens with one attached hydrogen (secondary N) is 1. The Balaban J connectivity index is 2.01. The van der Waals surface area contributed by atoms with Crippen molar-refractivity contribution < 1.29 is 14.7 Å². The Bertz CT molecular complexity index is 852. The number of hydrazine groups is 1. The van der Waals surface area contributed by atoms with Crippen LogP contribution in [0.2, 0.25) is 0 Å². The zero-order valence-electron chi connectivity index (χ0n) is 12.6. The number of amides is 2. The molecule has 2 amide bonds. The number of rotatable bonds is 3. The van der Waals surface area contributed by atoms with Gasteiger partial charge in [0.1, 0.15) is 5.82 Å². The molecule has 3 rings (SSSR count). The second kappa shape index (κ2) is 5.75. The fraction of sp³-hybridized carbons (Fsp3) is 0.188. The van der Waals surface area contributed by atoms with Crippen molar-refractivity contribution in [1.29, 1.82) is 0 Å². The lowest BCUT2D eigenvalue weighted by Gasteiger charge is -2.17. The molecule has 0 saturated heterocycles. The van der Waals surface area contributed by atoms with E-state index in [0.29, 0.717) is 28.0 Å².